The van der Waals surface area contributed by atoms with Gasteiger partial charge in [0.25, 0.3) is 5.78 Å². The van der Waals surface area contributed by atoms with Crippen molar-refractivity contribution < 1.29 is 23.9 Å². The summed E-state index contributed by atoms with van der Waals surface area (Å²) in [5.41, 5.74) is 1.07. The Bertz CT molecular complexity index is 540. The molecule has 0 N–H and O–H groups in total. The summed E-state index contributed by atoms with van der Waals surface area (Å²) in [5, 5.41) is 0. The van der Waals surface area contributed by atoms with Crippen LogP contribution in [0, 0.1) is 0 Å². The van der Waals surface area contributed by atoms with Crippen LogP contribution in [0.3, 0.4) is 0 Å². The predicted molar refractivity (Wildman–Crippen MR) is 73.0 cm³/mol. The molecular formula is C15H14O5. The number of esters is 2. The molecule has 0 saturated heterocycles. The molecule has 0 unspecified atom stereocenters. The summed E-state index contributed by atoms with van der Waals surface area (Å²) in [4.78, 5) is 33.8. The number of carbonyl (C=O) groups is 3. The smallest absolute Gasteiger partial charge is 0.379 e. The van der Waals surface area contributed by atoms with Gasteiger partial charge in [-0.1, -0.05) is 30.9 Å². The van der Waals surface area contributed by atoms with E-state index in [0.29, 0.717) is 11.1 Å². The summed E-state index contributed by atoms with van der Waals surface area (Å²) in [6.07, 6.45) is 3.94. The second-order valence-corrected chi connectivity index (χ2v) is 3.70. The van der Waals surface area contributed by atoms with Gasteiger partial charge in [-0.2, -0.15) is 0 Å². The van der Waals surface area contributed by atoms with E-state index in [1.165, 1.54) is 19.3 Å². The van der Waals surface area contributed by atoms with Crippen molar-refractivity contribution in [3.8, 4) is 0 Å². The largest absolute Gasteiger partial charge is 0.465 e. The first-order valence-corrected chi connectivity index (χ1v) is 5.77. The lowest BCUT2D eigenvalue weighted by Crippen LogP contribution is -2.14. The van der Waals surface area contributed by atoms with E-state index in [2.05, 4.69) is 16.1 Å². The average molecular weight is 274 g/mol. The Hall–Kier alpha value is -2.69. The van der Waals surface area contributed by atoms with Gasteiger partial charge in [-0.3, -0.25) is 4.79 Å². The number of rotatable bonds is 6. The minimum Gasteiger partial charge on any atom is -0.465 e. The highest BCUT2D eigenvalue weighted by Gasteiger charge is 2.10. The van der Waals surface area contributed by atoms with E-state index in [1.54, 1.807) is 24.3 Å². The van der Waals surface area contributed by atoms with Crippen molar-refractivity contribution in [2.45, 2.75) is 0 Å². The number of ketones is 1. The second-order valence-electron chi connectivity index (χ2n) is 3.70. The molecule has 5 heteroatoms. The normalized spacial score (nSPS) is 10.1. The maximum absolute atomic E-state index is 11.4. The van der Waals surface area contributed by atoms with Crippen LogP contribution >= 0.6 is 0 Å². The molecule has 0 atom stereocenters. The van der Waals surface area contributed by atoms with Crippen LogP contribution in [-0.2, 0) is 19.1 Å². The molecule has 0 heterocycles. The summed E-state index contributed by atoms with van der Waals surface area (Å²) in [6.45, 7) is 3.36. The number of methoxy groups -OCH3 is 1. The Kier molecular flexibility index (Phi) is 5.90. The molecule has 104 valence electrons. The molecule has 0 spiro atoms. The molecule has 0 saturated carbocycles. The van der Waals surface area contributed by atoms with E-state index in [-0.39, 0.29) is 6.61 Å². The van der Waals surface area contributed by atoms with Crippen molar-refractivity contribution in [3.63, 3.8) is 0 Å². The zero-order valence-electron chi connectivity index (χ0n) is 11.0. The van der Waals surface area contributed by atoms with E-state index in [0.717, 1.165) is 6.08 Å². The van der Waals surface area contributed by atoms with Gasteiger partial charge in [-0.15, -0.1) is 0 Å². The first-order valence-electron chi connectivity index (χ1n) is 5.77. The fourth-order valence-electron chi connectivity index (χ4n) is 1.29. The monoisotopic (exact) mass is 274 g/mol. The number of benzene rings is 1. The number of carbonyl (C=O) groups excluding carboxylic acids is 3. The third-order valence-electron chi connectivity index (χ3n) is 2.29. The molecule has 0 aliphatic rings. The SMILES string of the molecule is C=CCOC(=O)C(=O)C=Cc1ccc(C(=O)OC)cc1. The fraction of sp³-hybridized carbons (Fsp3) is 0.133. The van der Waals surface area contributed by atoms with Crippen molar-refractivity contribution >= 4 is 23.8 Å². The van der Waals surface area contributed by atoms with Crippen LogP contribution < -0.4 is 0 Å². The highest BCUT2D eigenvalue weighted by molar-refractivity contribution is 6.39. The lowest BCUT2D eigenvalue weighted by atomic mass is 10.1. The van der Waals surface area contributed by atoms with Gasteiger partial charge in [-0.05, 0) is 23.8 Å². The second kappa shape index (κ2) is 7.68. The van der Waals surface area contributed by atoms with E-state index in [1.807, 2.05) is 0 Å². The third-order valence-corrected chi connectivity index (χ3v) is 2.29. The molecule has 1 rings (SSSR count). The van der Waals surface area contributed by atoms with Crippen molar-refractivity contribution in [1.29, 1.82) is 0 Å². The van der Waals surface area contributed by atoms with Crippen LogP contribution in [-0.4, -0.2) is 31.4 Å². The molecule has 1 aromatic rings. The average Bonchev–Trinajstić information content (AvgIpc) is 2.49. The van der Waals surface area contributed by atoms with Crippen LogP contribution in [0.5, 0.6) is 0 Å². The molecule has 1 aromatic carbocycles. The molecule has 0 aliphatic carbocycles. The number of hydrogen-bond acceptors (Lipinski definition) is 5. The summed E-state index contributed by atoms with van der Waals surface area (Å²) < 4.78 is 9.15. The van der Waals surface area contributed by atoms with Gasteiger partial charge < -0.3 is 9.47 Å². The molecule has 0 bridgehead atoms. The molecule has 0 radical (unpaired) electrons. The van der Waals surface area contributed by atoms with Crippen LogP contribution in [0.2, 0.25) is 0 Å². The maximum atomic E-state index is 11.4. The van der Waals surface area contributed by atoms with Gasteiger partial charge >= 0.3 is 11.9 Å². The molecule has 20 heavy (non-hydrogen) atoms. The van der Waals surface area contributed by atoms with Gasteiger partial charge in [0.05, 0.1) is 12.7 Å². The van der Waals surface area contributed by atoms with E-state index < -0.39 is 17.7 Å². The summed E-state index contributed by atoms with van der Waals surface area (Å²) in [6, 6.07) is 6.38. The van der Waals surface area contributed by atoms with E-state index >= 15 is 0 Å². The standard InChI is InChI=1S/C15H14O5/c1-3-10-20-15(18)13(16)9-6-11-4-7-12(8-5-11)14(17)19-2/h3-9H,1,10H2,2H3. The number of hydrogen-bond donors (Lipinski definition) is 0. The highest BCUT2D eigenvalue weighted by Crippen LogP contribution is 2.07. The Morgan fingerprint density at radius 3 is 2.40 bits per heavy atom. The summed E-state index contributed by atoms with van der Waals surface area (Å²) in [7, 11) is 1.30. The summed E-state index contributed by atoms with van der Waals surface area (Å²) >= 11 is 0. The lowest BCUT2D eigenvalue weighted by Gasteiger charge is -1.99. The minimum atomic E-state index is -0.938. The first kappa shape index (κ1) is 15.4. The predicted octanol–water partition coefficient (Wildman–Crippen LogP) is 1.78. The van der Waals surface area contributed by atoms with Crippen molar-refractivity contribution in [2.24, 2.45) is 0 Å². The van der Waals surface area contributed by atoms with Crippen LogP contribution in [0.15, 0.2) is 43.0 Å². The number of ether oxygens (including phenoxy) is 2. The fourth-order valence-corrected chi connectivity index (χ4v) is 1.29. The Labute approximate surface area is 116 Å². The van der Waals surface area contributed by atoms with Crippen LogP contribution in [0.1, 0.15) is 15.9 Å². The Morgan fingerprint density at radius 2 is 1.85 bits per heavy atom. The minimum absolute atomic E-state index is 0.00770. The van der Waals surface area contributed by atoms with Gasteiger partial charge in [0.15, 0.2) is 0 Å². The van der Waals surface area contributed by atoms with E-state index in [9.17, 15) is 14.4 Å². The lowest BCUT2D eigenvalue weighted by molar-refractivity contribution is -0.150. The molecular weight excluding hydrogens is 260 g/mol. The maximum Gasteiger partial charge on any atom is 0.379 e. The summed E-state index contributed by atoms with van der Waals surface area (Å²) in [5.74, 6) is -2.14. The molecule has 5 nitrogen and oxygen atoms in total. The quantitative estimate of drug-likeness (QED) is 0.342. The molecule has 0 aliphatic heterocycles. The highest BCUT2D eigenvalue weighted by atomic mass is 16.5. The van der Waals surface area contributed by atoms with Gasteiger partial charge in [0.2, 0.25) is 0 Å². The van der Waals surface area contributed by atoms with Crippen molar-refractivity contribution in [1.82, 2.24) is 0 Å². The van der Waals surface area contributed by atoms with Crippen LogP contribution in [0.25, 0.3) is 6.08 Å². The van der Waals surface area contributed by atoms with Gasteiger partial charge in [0, 0.05) is 0 Å². The van der Waals surface area contributed by atoms with Gasteiger partial charge in [0.1, 0.15) is 6.61 Å². The van der Waals surface area contributed by atoms with Crippen molar-refractivity contribution in [2.75, 3.05) is 13.7 Å². The third kappa shape index (κ3) is 4.53. The molecule has 0 fully saturated rings. The molecule has 0 aromatic heterocycles. The zero-order chi connectivity index (χ0) is 15.0. The molecule has 0 amide bonds. The van der Waals surface area contributed by atoms with E-state index in [4.69, 9.17) is 0 Å². The Balaban J connectivity index is 2.66. The van der Waals surface area contributed by atoms with Crippen LogP contribution in [0.4, 0.5) is 0 Å². The van der Waals surface area contributed by atoms with Crippen molar-refractivity contribution in [3.05, 3.63) is 54.1 Å². The first-order chi connectivity index (χ1) is 9.58. The Morgan fingerprint density at radius 1 is 1.20 bits per heavy atom. The zero-order valence-corrected chi connectivity index (χ0v) is 11.0. The van der Waals surface area contributed by atoms with Gasteiger partial charge in [-0.25, -0.2) is 9.59 Å². The topological polar surface area (TPSA) is 69.7 Å².